The molecule has 0 radical (unpaired) electrons. The number of carbonyl (C=O) groups is 2. The molecular weight excluding hydrogens is 486 g/mol. The minimum absolute atomic E-state index is 0.0615. The van der Waals surface area contributed by atoms with Gasteiger partial charge in [-0.2, -0.15) is 5.26 Å². The van der Waals surface area contributed by atoms with Gasteiger partial charge in [-0.25, -0.2) is 0 Å². The SMILES string of the molecule is COc1ccc(NC(=O)/C(C#N)=C/c2ccc(OCC(=O)Nc3ccccc3)c(Br)c2)cc1. The summed E-state index contributed by atoms with van der Waals surface area (Å²) in [6.07, 6.45) is 1.47. The van der Waals surface area contributed by atoms with Crippen LogP contribution in [0, 0.1) is 11.3 Å². The van der Waals surface area contributed by atoms with E-state index in [4.69, 9.17) is 9.47 Å². The summed E-state index contributed by atoms with van der Waals surface area (Å²) in [5.41, 5.74) is 1.78. The second-order valence-electron chi connectivity index (χ2n) is 6.75. The van der Waals surface area contributed by atoms with Crippen LogP contribution in [0.3, 0.4) is 0 Å². The van der Waals surface area contributed by atoms with Gasteiger partial charge in [0.05, 0.1) is 11.6 Å². The Bertz CT molecular complexity index is 1200. The predicted molar refractivity (Wildman–Crippen MR) is 130 cm³/mol. The summed E-state index contributed by atoms with van der Waals surface area (Å²) in [6.45, 7) is -0.170. The Kier molecular flexibility index (Phi) is 8.22. The van der Waals surface area contributed by atoms with Crippen molar-refractivity contribution in [2.24, 2.45) is 0 Å². The van der Waals surface area contributed by atoms with E-state index < -0.39 is 5.91 Å². The molecular formula is C25H20BrN3O4. The van der Waals surface area contributed by atoms with Crippen LogP contribution in [0.4, 0.5) is 11.4 Å². The van der Waals surface area contributed by atoms with E-state index in [-0.39, 0.29) is 18.1 Å². The molecule has 0 saturated carbocycles. The van der Waals surface area contributed by atoms with Gasteiger partial charge >= 0.3 is 0 Å². The van der Waals surface area contributed by atoms with Gasteiger partial charge in [0, 0.05) is 11.4 Å². The molecule has 3 rings (SSSR count). The summed E-state index contributed by atoms with van der Waals surface area (Å²) in [6, 6.07) is 22.8. The van der Waals surface area contributed by atoms with Crippen molar-refractivity contribution in [3.63, 3.8) is 0 Å². The molecule has 0 aliphatic rings. The number of nitriles is 1. The third-order valence-electron chi connectivity index (χ3n) is 4.40. The maximum Gasteiger partial charge on any atom is 0.266 e. The van der Waals surface area contributed by atoms with Crippen LogP contribution in [0.5, 0.6) is 11.5 Å². The molecule has 0 saturated heterocycles. The van der Waals surface area contributed by atoms with E-state index in [0.29, 0.717) is 32.9 Å². The number of halogens is 1. The van der Waals surface area contributed by atoms with E-state index in [9.17, 15) is 14.9 Å². The van der Waals surface area contributed by atoms with Crippen LogP contribution in [0.1, 0.15) is 5.56 Å². The summed E-state index contributed by atoms with van der Waals surface area (Å²) < 4.78 is 11.2. The first-order chi connectivity index (χ1) is 16.0. The molecule has 3 aromatic carbocycles. The lowest BCUT2D eigenvalue weighted by molar-refractivity contribution is -0.118. The largest absolute Gasteiger partial charge is 0.497 e. The molecule has 0 aromatic heterocycles. The molecule has 0 aliphatic carbocycles. The molecule has 0 aliphatic heterocycles. The molecule has 33 heavy (non-hydrogen) atoms. The first kappa shape index (κ1) is 23.6. The molecule has 3 aromatic rings. The second kappa shape index (κ2) is 11.5. The van der Waals surface area contributed by atoms with Crippen molar-refractivity contribution in [3.05, 3.63) is 88.4 Å². The number of ether oxygens (including phenoxy) is 2. The van der Waals surface area contributed by atoms with Crippen molar-refractivity contribution in [3.8, 4) is 17.6 Å². The number of carbonyl (C=O) groups excluding carboxylic acids is 2. The Hall–Kier alpha value is -4.09. The van der Waals surface area contributed by atoms with Gasteiger partial charge in [-0.05, 0) is 76.1 Å². The molecule has 0 fully saturated rings. The van der Waals surface area contributed by atoms with Crippen molar-refractivity contribution in [1.82, 2.24) is 0 Å². The maximum atomic E-state index is 12.5. The lowest BCUT2D eigenvalue weighted by Gasteiger charge is -2.10. The molecule has 7 nitrogen and oxygen atoms in total. The van der Waals surface area contributed by atoms with Gasteiger partial charge in [0.25, 0.3) is 11.8 Å². The molecule has 2 amide bonds. The molecule has 0 spiro atoms. The average molecular weight is 506 g/mol. The van der Waals surface area contributed by atoms with Crippen LogP contribution in [0.15, 0.2) is 82.8 Å². The Morgan fingerprint density at radius 1 is 1.00 bits per heavy atom. The normalized spacial score (nSPS) is 10.6. The topological polar surface area (TPSA) is 100 Å². The van der Waals surface area contributed by atoms with Gasteiger partial charge in [0.15, 0.2) is 6.61 Å². The molecule has 0 atom stereocenters. The van der Waals surface area contributed by atoms with Gasteiger partial charge in [0.1, 0.15) is 23.1 Å². The number of hydrogen-bond acceptors (Lipinski definition) is 5. The van der Waals surface area contributed by atoms with Crippen LogP contribution in [0.25, 0.3) is 6.08 Å². The van der Waals surface area contributed by atoms with Crippen molar-refractivity contribution in [2.45, 2.75) is 0 Å². The van der Waals surface area contributed by atoms with Crippen LogP contribution in [-0.2, 0) is 9.59 Å². The summed E-state index contributed by atoms with van der Waals surface area (Å²) in [5, 5.41) is 14.8. The van der Waals surface area contributed by atoms with E-state index in [1.807, 2.05) is 24.3 Å². The number of para-hydroxylation sites is 1. The highest BCUT2D eigenvalue weighted by Gasteiger charge is 2.11. The van der Waals surface area contributed by atoms with Crippen molar-refractivity contribution in [1.29, 1.82) is 5.26 Å². The van der Waals surface area contributed by atoms with Crippen LogP contribution < -0.4 is 20.1 Å². The summed E-state index contributed by atoms with van der Waals surface area (Å²) in [4.78, 5) is 24.5. The molecule has 0 heterocycles. The Labute approximate surface area is 199 Å². The highest BCUT2D eigenvalue weighted by molar-refractivity contribution is 9.10. The van der Waals surface area contributed by atoms with Crippen LogP contribution in [0.2, 0.25) is 0 Å². The summed E-state index contributed by atoms with van der Waals surface area (Å²) in [5.74, 6) is 0.293. The Morgan fingerprint density at radius 2 is 1.70 bits per heavy atom. The first-order valence-corrected chi connectivity index (χ1v) is 10.6. The van der Waals surface area contributed by atoms with E-state index in [1.165, 1.54) is 6.08 Å². The fourth-order valence-corrected chi connectivity index (χ4v) is 3.28. The molecule has 0 bridgehead atoms. The lowest BCUT2D eigenvalue weighted by atomic mass is 10.1. The second-order valence-corrected chi connectivity index (χ2v) is 7.60. The number of benzene rings is 3. The van der Waals surface area contributed by atoms with E-state index in [2.05, 4.69) is 26.6 Å². The fourth-order valence-electron chi connectivity index (χ4n) is 2.77. The molecule has 2 N–H and O–H groups in total. The number of hydrogen-bond donors (Lipinski definition) is 2. The zero-order valence-corrected chi connectivity index (χ0v) is 19.3. The molecule has 8 heteroatoms. The maximum absolute atomic E-state index is 12.5. The fraction of sp³-hybridized carbons (Fsp3) is 0.0800. The quantitative estimate of drug-likeness (QED) is 0.330. The monoisotopic (exact) mass is 505 g/mol. The first-order valence-electron chi connectivity index (χ1n) is 9.83. The van der Waals surface area contributed by atoms with Crippen LogP contribution in [-0.4, -0.2) is 25.5 Å². The minimum Gasteiger partial charge on any atom is -0.497 e. The van der Waals surface area contributed by atoms with E-state index in [1.54, 1.807) is 61.7 Å². The van der Waals surface area contributed by atoms with Gasteiger partial charge in [-0.3, -0.25) is 9.59 Å². The highest BCUT2D eigenvalue weighted by Crippen LogP contribution is 2.27. The number of amides is 2. The standard InChI is InChI=1S/C25H20BrN3O4/c1-32-21-10-8-20(9-11-21)29-25(31)18(15-27)13-17-7-12-23(22(26)14-17)33-16-24(30)28-19-5-3-2-4-6-19/h2-14H,16H2,1H3,(H,28,30)(H,29,31)/b18-13+. The van der Waals surface area contributed by atoms with Gasteiger partial charge in [-0.1, -0.05) is 24.3 Å². The van der Waals surface area contributed by atoms with Crippen molar-refractivity contribution >= 4 is 45.2 Å². The predicted octanol–water partition coefficient (Wildman–Crippen LogP) is 5.02. The third-order valence-corrected chi connectivity index (χ3v) is 5.02. The minimum atomic E-state index is -0.531. The smallest absolute Gasteiger partial charge is 0.266 e. The Morgan fingerprint density at radius 3 is 2.33 bits per heavy atom. The van der Waals surface area contributed by atoms with E-state index >= 15 is 0 Å². The van der Waals surface area contributed by atoms with Gasteiger partial charge in [-0.15, -0.1) is 0 Å². The van der Waals surface area contributed by atoms with E-state index in [0.717, 1.165) is 0 Å². The number of methoxy groups -OCH3 is 1. The highest BCUT2D eigenvalue weighted by atomic mass is 79.9. The van der Waals surface area contributed by atoms with Gasteiger partial charge < -0.3 is 20.1 Å². The zero-order chi connectivity index (χ0) is 23.6. The number of nitrogens with zero attached hydrogens (tertiary/aromatic N) is 1. The van der Waals surface area contributed by atoms with Crippen molar-refractivity contribution < 1.29 is 19.1 Å². The number of rotatable bonds is 8. The van der Waals surface area contributed by atoms with Crippen molar-refractivity contribution in [2.75, 3.05) is 24.4 Å². The number of nitrogens with one attached hydrogen (secondary N) is 2. The summed E-state index contributed by atoms with van der Waals surface area (Å²) in [7, 11) is 1.55. The third kappa shape index (κ3) is 6.95. The molecule has 166 valence electrons. The number of anilines is 2. The summed E-state index contributed by atoms with van der Waals surface area (Å²) >= 11 is 3.40. The average Bonchev–Trinajstić information content (AvgIpc) is 2.83. The molecule has 0 unspecified atom stereocenters. The zero-order valence-electron chi connectivity index (χ0n) is 17.7. The van der Waals surface area contributed by atoms with Crippen LogP contribution >= 0.6 is 15.9 Å². The Balaban J connectivity index is 1.62. The lowest BCUT2D eigenvalue weighted by Crippen LogP contribution is -2.20. The van der Waals surface area contributed by atoms with Gasteiger partial charge in [0.2, 0.25) is 0 Å².